The molecular weight excluding hydrogens is 1050 g/mol. The first-order chi connectivity index (χ1) is 37.8. The molecule has 3 aromatic carbocycles. The Morgan fingerprint density at radius 2 is 1.67 bits per heavy atom. The summed E-state index contributed by atoms with van der Waals surface area (Å²) < 4.78 is 47.3. The largest absolute Gasteiger partial charge is 0.407 e. The molecule has 1 saturated carbocycles. The molecule has 412 valence electrons. The van der Waals surface area contributed by atoms with Crippen molar-refractivity contribution in [1.82, 2.24) is 30.2 Å². The lowest BCUT2D eigenvalue weighted by Gasteiger charge is -2.43. The number of carbonyl (C=O) groups excluding carboxylic acids is 4. The van der Waals surface area contributed by atoms with Crippen LogP contribution in [0.25, 0.3) is 15.3 Å². The van der Waals surface area contributed by atoms with Crippen LogP contribution in [-0.2, 0) is 25.4 Å². The maximum atomic E-state index is 14.4. The number of hydrogen-bond acceptors (Lipinski definition) is 11. The fraction of sp³-hybridized carbons (Fsp3) is 0.458. The third kappa shape index (κ3) is 11.2. The summed E-state index contributed by atoms with van der Waals surface area (Å²) in [5.41, 5.74) is 3.83. The summed E-state index contributed by atoms with van der Waals surface area (Å²) in [6.45, 7) is 17.6. The SMILES string of the molecule is [C-]#[N+]c1ccc(N2C(=O)C3(CCC3)N(c3ccc(C#CC4CCN(C5CCN(C(=O)C[C@H](NC(=O)[C@@H]6C[C@@H](O)CN6C(=O)[C@@H](c6cc(C)no6)C(C)C)c6ccc(-c7scnc7C)cc6)CC5)CC4)cc3)C2=S)cc1C(F)(F)F. The normalized spacial score (nSPS) is 20.8. The van der Waals surface area contributed by atoms with Crippen LogP contribution < -0.4 is 15.1 Å². The van der Waals surface area contributed by atoms with Gasteiger partial charge in [-0.05, 0) is 138 Å². The van der Waals surface area contributed by atoms with Crippen molar-refractivity contribution in [1.29, 1.82) is 0 Å². The molecule has 4 amide bonds. The van der Waals surface area contributed by atoms with Crippen LogP contribution >= 0.6 is 23.6 Å². The number of amides is 4. The second kappa shape index (κ2) is 22.6. The van der Waals surface area contributed by atoms with E-state index in [1.807, 2.05) is 74.2 Å². The topological polar surface area (TPSA) is 160 Å². The van der Waals surface area contributed by atoms with E-state index in [1.54, 1.807) is 23.4 Å². The number of nitrogens with one attached hydrogen (secondary N) is 1. The van der Waals surface area contributed by atoms with Crippen LogP contribution in [0.4, 0.5) is 30.2 Å². The van der Waals surface area contributed by atoms with Gasteiger partial charge >= 0.3 is 6.18 Å². The lowest BCUT2D eigenvalue weighted by molar-refractivity contribution is -0.141. The number of hydrogen-bond donors (Lipinski definition) is 2. The van der Waals surface area contributed by atoms with Gasteiger partial charge in [0.1, 0.15) is 23.3 Å². The van der Waals surface area contributed by atoms with Gasteiger partial charge in [-0.3, -0.25) is 24.1 Å². The Morgan fingerprint density at radius 1 is 0.975 bits per heavy atom. The third-order valence-corrected chi connectivity index (χ3v) is 17.8. The predicted octanol–water partition coefficient (Wildman–Crippen LogP) is 9.75. The quantitative estimate of drug-likeness (QED) is 0.0696. The Bertz CT molecular complexity index is 3230. The van der Waals surface area contributed by atoms with Crippen LogP contribution in [0, 0.1) is 44.1 Å². The number of benzene rings is 3. The molecule has 4 saturated heterocycles. The smallest absolute Gasteiger partial charge is 0.391 e. The number of carbonyl (C=O) groups is 4. The lowest BCUT2D eigenvalue weighted by atomic mass is 9.75. The highest BCUT2D eigenvalue weighted by Gasteiger charge is 2.60. The summed E-state index contributed by atoms with van der Waals surface area (Å²) in [5.74, 6) is 5.29. The number of β-amino-alcohol motifs (C(OH)–C–C–N with tert-alkyl or cyclic N) is 1. The number of halogens is 3. The maximum Gasteiger partial charge on any atom is 0.407 e. The zero-order chi connectivity index (χ0) is 55.9. The standard InChI is InChI=1S/C59H62F3N9O6S2/c1-35(2)52(50-29-36(3)66-77-50)55(75)69-33-45(72)31-49(69)54(74)65-48(40-11-13-41(14-12-40)53-37(4)64-34-79-53)32-51(73)68-27-21-42(22-28-68)67-25-19-39(20-26-67)8-7-38-9-15-43(16-10-38)71-57(78)70(56(76)58(71)23-6-24-58)44-17-18-47(63-5)46(30-44)59(60,61)62/h9-18,29-30,34-35,39,42,45,48-49,52,72H,6,19-28,31-33H2,1-4H3,(H,65,74)/t45-,48+,49+,52-/m1/s1. The highest BCUT2D eigenvalue weighted by molar-refractivity contribution is 7.81. The number of thiazole rings is 1. The number of rotatable bonds is 12. The highest BCUT2D eigenvalue weighted by atomic mass is 32.1. The molecule has 0 radical (unpaired) electrons. The van der Waals surface area contributed by atoms with E-state index in [4.69, 9.17) is 23.3 Å². The summed E-state index contributed by atoms with van der Waals surface area (Å²) in [7, 11) is 0. The Balaban J connectivity index is 0.749. The number of aliphatic hydroxyl groups is 1. The molecule has 20 heteroatoms. The van der Waals surface area contributed by atoms with Gasteiger partial charge in [0.15, 0.2) is 10.8 Å². The van der Waals surface area contributed by atoms with Gasteiger partial charge in [-0.1, -0.05) is 61.2 Å². The zero-order valence-corrected chi connectivity index (χ0v) is 46.1. The molecule has 1 spiro atoms. The van der Waals surface area contributed by atoms with Crippen molar-refractivity contribution in [3.63, 3.8) is 0 Å². The minimum absolute atomic E-state index is 0.00695. The van der Waals surface area contributed by atoms with E-state index in [0.29, 0.717) is 49.1 Å². The first-order valence-corrected chi connectivity index (χ1v) is 28.3. The molecule has 15 nitrogen and oxygen atoms in total. The van der Waals surface area contributed by atoms with Crippen molar-refractivity contribution in [2.45, 2.75) is 127 Å². The Morgan fingerprint density at radius 3 is 2.27 bits per heavy atom. The van der Waals surface area contributed by atoms with Crippen LogP contribution in [0.15, 0.2) is 82.8 Å². The van der Waals surface area contributed by atoms with Crippen molar-refractivity contribution in [3.05, 3.63) is 124 Å². The summed E-state index contributed by atoms with van der Waals surface area (Å²) in [4.78, 5) is 74.1. The van der Waals surface area contributed by atoms with Crippen molar-refractivity contribution >= 4 is 69.4 Å². The van der Waals surface area contributed by atoms with Crippen LogP contribution in [0.2, 0.25) is 0 Å². The first kappa shape index (κ1) is 55.3. The van der Waals surface area contributed by atoms with Gasteiger partial charge in [-0.25, -0.2) is 9.83 Å². The number of aliphatic hydroxyl groups excluding tert-OH is 1. The molecule has 0 unspecified atom stereocenters. The zero-order valence-electron chi connectivity index (χ0n) is 44.5. The minimum atomic E-state index is -4.78. The monoisotopic (exact) mass is 1110 g/mol. The molecule has 5 aromatic rings. The van der Waals surface area contributed by atoms with E-state index < -0.39 is 53.0 Å². The fourth-order valence-electron chi connectivity index (χ4n) is 12.0. The molecule has 2 N–H and O–H groups in total. The molecule has 10 rings (SSSR count). The van der Waals surface area contributed by atoms with Crippen LogP contribution in [-0.4, -0.2) is 115 Å². The van der Waals surface area contributed by atoms with Crippen LogP contribution in [0.5, 0.6) is 0 Å². The number of likely N-dealkylation sites (tertiary alicyclic amines) is 3. The number of aryl methyl sites for hydroxylation is 2. The van der Waals surface area contributed by atoms with Crippen molar-refractivity contribution in [2.24, 2.45) is 11.8 Å². The van der Waals surface area contributed by atoms with Crippen molar-refractivity contribution in [3.8, 4) is 22.3 Å². The van der Waals surface area contributed by atoms with E-state index in [0.717, 1.165) is 84.6 Å². The number of nitrogens with zero attached hydrogens (tertiary/aromatic N) is 8. The number of piperidine rings is 2. The summed E-state index contributed by atoms with van der Waals surface area (Å²) in [6.07, 6.45) is -0.443. The average molecular weight is 1110 g/mol. The van der Waals surface area contributed by atoms with E-state index in [2.05, 4.69) is 37.0 Å². The van der Waals surface area contributed by atoms with E-state index in [1.165, 1.54) is 27.2 Å². The molecule has 6 heterocycles. The lowest BCUT2D eigenvalue weighted by Crippen LogP contribution is -2.55. The fourth-order valence-corrected chi connectivity index (χ4v) is 13.3. The van der Waals surface area contributed by atoms with E-state index >= 15 is 0 Å². The van der Waals surface area contributed by atoms with Gasteiger partial charge in [-0.2, -0.15) is 13.2 Å². The molecule has 79 heavy (non-hydrogen) atoms. The highest BCUT2D eigenvalue weighted by Crippen LogP contribution is 2.49. The minimum Gasteiger partial charge on any atom is -0.391 e. The van der Waals surface area contributed by atoms with Gasteiger partial charge in [0, 0.05) is 61.0 Å². The van der Waals surface area contributed by atoms with Gasteiger partial charge in [0.2, 0.25) is 17.7 Å². The number of anilines is 2. The average Bonchev–Trinajstić information content (AvgIpc) is 4.41. The molecule has 1 aliphatic carbocycles. The number of aromatic nitrogens is 2. The van der Waals surface area contributed by atoms with Crippen LogP contribution in [0.1, 0.15) is 117 Å². The van der Waals surface area contributed by atoms with Crippen LogP contribution in [0.3, 0.4) is 0 Å². The Labute approximate surface area is 466 Å². The molecular formula is C59H62F3N9O6S2. The van der Waals surface area contributed by atoms with Gasteiger partial charge < -0.3 is 34.5 Å². The summed E-state index contributed by atoms with van der Waals surface area (Å²) >= 11 is 7.35. The molecule has 5 aliphatic rings. The second-order valence-corrected chi connectivity index (χ2v) is 23.1. The second-order valence-electron chi connectivity index (χ2n) is 21.8. The molecule has 5 fully saturated rings. The van der Waals surface area contributed by atoms with Crippen molar-refractivity contribution < 1.29 is 42.0 Å². The molecule has 0 bridgehead atoms. The molecule has 2 aromatic heterocycles. The Kier molecular flexibility index (Phi) is 15.9. The predicted molar refractivity (Wildman–Crippen MR) is 297 cm³/mol. The molecule has 4 aliphatic heterocycles. The maximum absolute atomic E-state index is 14.4. The van der Waals surface area contributed by atoms with Crippen molar-refractivity contribution in [2.75, 3.05) is 42.5 Å². The van der Waals surface area contributed by atoms with Gasteiger partial charge in [-0.15, -0.1) is 11.3 Å². The van der Waals surface area contributed by atoms with E-state index in [-0.39, 0.29) is 59.7 Å². The van der Waals surface area contributed by atoms with Gasteiger partial charge in [0.05, 0.1) is 52.5 Å². The van der Waals surface area contributed by atoms with E-state index in [9.17, 15) is 37.5 Å². The Hall–Kier alpha value is -6.97. The summed E-state index contributed by atoms with van der Waals surface area (Å²) in [6, 6.07) is 18.9. The van der Waals surface area contributed by atoms with Gasteiger partial charge in [0.25, 0.3) is 5.91 Å². The first-order valence-electron chi connectivity index (χ1n) is 27.0. The molecule has 4 atom stereocenters. The number of thiocarbonyl (C=S) groups is 1. The number of alkyl halides is 3. The summed E-state index contributed by atoms with van der Waals surface area (Å²) in [5, 5.41) is 18.1. The third-order valence-electron chi connectivity index (χ3n) is 16.4.